The first-order valence-corrected chi connectivity index (χ1v) is 6.46. The molecule has 1 aromatic carbocycles. The predicted molar refractivity (Wildman–Crippen MR) is 78.7 cm³/mol. The molecule has 4 heteroatoms. The number of fused-ring (bicyclic) bond motifs is 1. The maximum absolute atomic E-state index is 5.94. The molecule has 0 amide bonds. The number of rotatable bonds is 3. The maximum atomic E-state index is 5.94. The monoisotopic (exact) mass is 265 g/mol. The summed E-state index contributed by atoms with van der Waals surface area (Å²) in [6.07, 6.45) is 1.75. The van der Waals surface area contributed by atoms with Gasteiger partial charge in [-0.05, 0) is 25.1 Å². The average molecular weight is 265 g/mol. The van der Waals surface area contributed by atoms with Crippen LogP contribution in [0, 0.1) is 6.92 Å². The van der Waals surface area contributed by atoms with E-state index in [4.69, 9.17) is 10.5 Å². The number of aryl methyl sites for hydroxylation is 1. The molecule has 2 N–H and O–H groups in total. The molecule has 0 aliphatic heterocycles. The molecule has 2 heterocycles. The van der Waals surface area contributed by atoms with Gasteiger partial charge in [-0.25, -0.2) is 4.98 Å². The highest BCUT2D eigenvalue weighted by Gasteiger charge is 2.09. The average Bonchev–Trinajstić information content (AvgIpc) is 2.48. The lowest BCUT2D eigenvalue weighted by Crippen LogP contribution is -2.02. The van der Waals surface area contributed by atoms with Gasteiger partial charge in [0.25, 0.3) is 0 Å². The van der Waals surface area contributed by atoms with Crippen LogP contribution in [-0.4, -0.2) is 9.97 Å². The zero-order valence-corrected chi connectivity index (χ0v) is 11.2. The first kappa shape index (κ1) is 12.6. The number of aromatic nitrogens is 2. The van der Waals surface area contributed by atoms with Crippen molar-refractivity contribution < 1.29 is 4.74 Å². The third kappa shape index (κ3) is 2.33. The largest absolute Gasteiger partial charge is 0.436 e. The Morgan fingerprint density at radius 2 is 1.95 bits per heavy atom. The van der Waals surface area contributed by atoms with Crippen molar-refractivity contribution in [3.05, 3.63) is 59.9 Å². The summed E-state index contributed by atoms with van der Waals surface area (Å²) in [6.45, 7) is 2.31. The Morgan fingerprint density at radius 1 is 1.10 bits per heavy atom. The van der Waals surface area contributed by atoms with Crippen LogP contribution in [0.3, 0.4) is 0 Å². The molecule has 0 aliphatic rings. The van der Waals surface area contributed by atoms with Gasteiger partial charge >= 0.3 is 0 Å². The smallest absolute Gasteiger partial charge is 0.224 e. The SMILES string of the molecule is Cc1ccc(CN)c(Oc2cccc3cccnc23)n1. The fraction of sp³-hybridized carbons (Fsp3) is 0.125. The van der Waals surface area contributed by atoms with Crippen molar-refractivity contribution in [2.75, 3.05) is 0 Å². The van der Waals surface area contributed by atoms with Crippen LogP contribution >= 0.6 is 0 Å². The van der Waals surface area contributed by atoms with E-state index in [9.17, 15) is 0 Å². The topological polar surface area (TPSA) is 61.0 Å². The molecule has 100 valence electrons. The van der Waals surface area contributed by atoms with E-state index in [1.807, 2.05) is 49.4 Å². The summed E-state index contributed by atoms with van der Waals surface area (Å²) in [7, 11) is 0. The molecule has 4 nitrogen and oxygen atoms in total. The molecule has 20 heavy (non-hydrogen) atoms. The molecule has 0 spiro atoms. The van der Waals surface area contributed by atoms with E-state index in [0.717, 1.165) is 22.2 Å². The van der Waals surface area contributed by atoms with Crippen LogP contribution in [0.2, 0.25) is 0 Å². The van der Waals surface area contributed by atoms with E-state index in [1.54, 1.807) is 6.20 Å². The van der Waals surface area contributed by atoms with Gasteiger partial charge in [-0.15, -0.1) is 0 Å². The van der Waals surface area contributed by atoms with E-state index >= 15 is 0 Å². The third-order valence-electron chi connectivity index (χ3n) is 3.10. The Kier molecular flexibility index (Phi) is 3.31. The molecule has 3 aromatic rings. The van der Waals surface area contributed by atoms with E-state index in [0.29, 0.717) is 18.2 Å². The van der Waals surface area contributed by atoms with Crippen molar-refractivity contribution in [1.82, 2.24) is 9.97 Å². The molecule has 0 unspecified atom stereocenters. The van der Waals surface area contributed by atoms with Crippen molar-refractivity contribution in [2.45, 2.75) is 13.5 Å². The number of hydrogen-bond acceptors (Lipinski definition) is 4. The van der Waals surface area contributed by atoms with Crippen molar-refractivity contribution in [3.8, 4) is 11.6 Å². The molecule has 0 aliphatic carbocycles. The third-order valence-corrected chi connectivity index (χ3v) is 3.10. The molecule has 0 saturated heterocycles. The number of nitrogens with two attached hydrogens (primary N) is 1. The Labute approximate surface area is 117 Å². The lowest BCUT2D eigenvalue weighted by molar-refractivity contribution is 0.459. The molecule has 0 atom stereocenters. The fourth-order valence-electron chi connectivity index (χ4n) is 2.07. The predicted octanol–water partition coefficient (Wildman–Crippen LogP) is 3.19. The second kappa shape index (κ2) is 5.27. The number of benzene rings is 1. The van der Waals surface area contributed by atoms with E-state index < -0.39 is 0 Å². The van der Waals surface area contributed by atoms with E-state index in [-0.39, 0.29) is 0 Å². The molecule has 0 fully saturated rings. The van der Waals surface area contributed by atoms with Gasteiger partial charge in [0.2, 0.25) is 5.88 Å². The van der Waals surface area contributed by atoms with Crippen LogP contribution < -0.4 is 10.5 Å². The van der Waals surface area contributed by atoms with Crippen LogP contribution in [0.15, 0.2) is 48.7 Å². The summed E-state index contributed by atoms with van der Waals surface area (Å²) in [5, 5.41) is 1.03. The molecule has 3 rings (SSSR count). The summed E-state index contributed by atoms with van der Waals surface area (Å²) in [5.41, 5.74) is 8.32. The summed E-state index contributed by atoms with van der Waals surface area (Å²) >= 11 is 0. The molecular weight excluding hydrogens is 250 g/mol. The number of ether oxygens (including phenoxy) is 1. The number of nitrogens with zero attached hydrogens (tertiary/aromatic N) is 2. The second-order valence-electron chi connectivity index (χ2n) is 4.55. The Morgan fingerprint density at radius 3 is 2.80 bits per heavy atom. The summed E-state index contributed by atoms with van der Waals surface area (Å²) in [6, 6.07) is 13.6. The minimum atomic E-state index is 0.390. The summed E-state index contributed by atoms with van der Waals surface area (Å²) in [4.78, 5) is 8.79. The van der Waals surface area contributed by atoms with Crippen LogP contribution in [0.25, 0.3) is 10.9 Å². The summed E-state index contributed by atoms with van der Waals surface area (Å²) < 4.78 is 5.94. The van der Waals surface area contributed by atoms with E-state index in [1.165, 1.54) is 0 Å². The van der Waals surface area contributed by atoms with Crippen molar-refractivity contribution >= 4 is 10.9 Å². The highest BCUT2D eigenvalue weighted by atomic mass is 16.5. The maximum Gasteiger partial charge on any atom is 0.224 e. The highest BCUT2D eigenvalue weighted by molar-refractivity contribution is 5.84. The quantitative estimate of drug-likeness (QED) is 0.790. The van der Waals surface area contributed by atoms with Gasteiger partial charge < -0.3 is 10.5 Å². The van der Waals surface area contributed by atoms with Crippen LogP contribution in [0.1, 0.15) is 11.3 Å². The zero-order chi connectivity index (χ0) is 13.9. The van der Waals surface area contributed by atoms with Gasteiger partial charge in [-0.3, -0.25) is 4.98 Å². The van der Waals surface area contributed by atoms with Gasteiger partial charge in [0.05, 0.1) is 0 Å². The zero-order valence-electron chi connectivity index (χ0n) is 11.2. The van der Waals surface area contributed by atoms with E-state index in [2.05, 4.69) is 9.97 Å². The van der Waals surface area contributed by atoms with Crippen molar-refractivity contribution in [3.63, 3.8) is 0 Å². The Balaban J connectivity index is 2.07. The Bertz CT molecular complexity index is 750. The van der Waals surface area contributed by atoms with Gasteiger partial charge in [-0.1, -0.05) is 24.3 Å². The number of pyridine rings is 2. The highest BCUT2D eigenvalue weighted by Crippen LogP contribution is 2.29. The second-order valence-corrected chi connectivity index (χ2v) is 4.55. The molecular formula is C16H15N3O. The fourth-order valence-corrected chi connectivity index (χ4v) is 2.07. The normalized spacial score (nSPS) is 10.7. The summed E-state index contributed by atoms with van der Waals surface area (Å²) in [5.74, 6) is 1.24. The van der Waals surface area contributed by atoms with Crippen molar-refractivity contribution in [2.24, 2.45) is 5.73 Å². The van der Waals surface area contributed by atoms with Crippen LogP contribution in [0.5, 0.6) is 11.6 Å². The van der Waals surface area contributed by atoms with Gasteiger partial charge in [0.1, 0.15) is 5.52 Å². The molecule has 0 radical (unpaired) electrons. The minimum absolute atomic E-state index is 0.390. The van der Waals surface area contributed by atoms with Gasteiger partial charge in [0.15, 0.2) is 5.75 Å². The Hall–Kier alpha value is -2.46. The standard InChI is InChI=1S/C16H15N3O/c1-11-7-8-13(10-17)16(19-11)20-14-6-2-4-12-5-3-9-18-15(12)14/h2-9H,10,17H2,1H3. The van der Waals surface area contributed by atoms with Gasteiger partial charge in [0, 0.05) is 29.4 Å². The van der Waals surface area contributed by atoms with Crippen molar-refractivity contribution in [1.29, 1.82) is 0 Å². The number of hydrogen-bond donors (Lipinski definition) is 1. The van der Waals surface area contributed by atoms with Crippen LogP contribution in [0.4, 0.5) is 0 Å². The lowest BCUT2D eigenvalue weighted by Gasteiger charge is -2.11. The molecule has 0 bridgehead atoms. The van der Waals surface area contributed by atoms with Crippen LogP contribution in [-0.2, 0) is 6.54 Å². The lowest BCUT2D eigenvalue weighted by atomic mass is 10.2. The van der Waals surface area contributed by atoms with Gasteiger partial charge in [-0.2, -0.15) is 0 Å². The molecule has 2 aromatic heterocycles. The minimum Gasteiger partial charge on any atom is -0.436 e. The number of para-hydroxylation sites is 1. The first-order chi connectivity index (χ1) is 9.78. The first-order valence-electron chi connectivity index (χ1n) is 6.46. The molecule has 0 saturated carbocycles.